The third-order valence-corrected chi connectivity index (χ3v) is 12.2. The molecule has 246 valence electrons. The SMILES string of the molecule is C=CCN(Cc1ccccc1)C(=O)[C@@H]1[C@H]2C(=O)N(CCCCCCO)C(C(=O)N(CC=C)c3c(C)cccc3C)C23CC[C@@]1(C)S3. The number of carbonyl (C=O) groups excluding carboxylic acids is 3. The maximum atomic E-state index is 15.0. The molecule has 3 heterocycles. The van der Waals surface area contributed by atoms with Crippen LogP contribution in [0, 0.1) is 25.7 Å². The summed E-state index contributed by atoms with van der Waals surface area (Å²) in [4.78, 5) is 49.9. The number of likely N-dealkylation sites (tertiary alicyclic amines) is 1. The number of anilines is 1. The van der Waals surface area contributed by atoms with E-state index in [0.717, 1.165) is 48.1 Å². The van der Waals surface area contributed by atoms with E-state index in [-0.39, 0.29) is 24.3 Å². The van der Waals surface area contributed by atoms with E-state index in [2.05, 4.69) is 20.1 Å². The number of aryl methyl sites for hydroxylation is 2. The van der Waals surface area contributed by atoms with Gasteiger partial charge in [0.25, 0.3) is 5.91 Å². The Hall–Kier alpha value is -3.36. The fraction of sp³-hybridized carbons (Fsp3) is 0.500. The average molecular weight is 644 g/mol. The molecule has 1 spiro atoms. The minimum atomic E-state index is -0.697. The third kappa shape index (κ3) is 6.06. The topological polar surface area (TPSA) is 81.2 Å². The lowest BCUT2D eigenvalue weighted by atomic mass is 9.66. The number of para-hydroxylation sites is 1. The molecule has 2 aromatic carbocycles. The van der Waals surface area contributed by atoms with Crippen LogP contribution in [0.2, 0.25) is 0 Å². The van der Waals surface area contributed by atoms with E-state index in [9.17, 15) is 14.7 Å². The molecule has 2 aromatic rings. The van der Waals surface area contributed by atoms with Gasteiger partial charge in [0.15, 0.2) is 0 Å². The van der Waals surface area contributed by atoms with Crippen LogP contribution < -0.4 is 4.90 Å². The van der Waals surface area contributed by atoms with Crippen LogP contribution in [-0.2, 0) is 20.9 Å². The van der Waals surface area contributed by atoms with Crippen LogP contribution in [0.3, 0.4) is 0 Å². The van der Waals surface area contributed by atoms with E-state index < -0.39 is 27.4 Å². The van der Waals surface area contributed by atoms with E-state index in [0.29, 0.717) is 39.0 Å². The molecule has 0 radical (unpaired) electrons. The highest BCUT2D eigenvalue weighted by atomic mass is 32.2. The summed E-state index contributed by atoms with van der Waals surface area (Å²) < 4.78 is -1.15. The lowest BCUT2D eigenvalue weighted by molar-refractivity contribution is -0.145. The van der Waals surface area contributed by atoms with Crippen molar-refractivity contribution >= 4 is 35.2 Å². The Morgan fingerprint density at radius 2 is 1.63 bits per heavy atom. The number of fused-ring (bicyclic) bond motifs is 1. The molecule has 2 bridgehead atoms. The molecule has 3 amide bonds. The maximum Gasteiger partial charge on any atom is 0.251 e. The second-order valence-corrected chi connectivity index (χ2v) is 15.3. The molecule has 5 rings (SSSR count). The van der Waals surface area contributed by atoms with Crippen LogP contribution in [0.5, 0.6) is 0 Å². The molecule has 5 atom stereocenters. The van der Waals surface area contributed by atoms with E-state index >= 15 is 4.79 Å². The Balaban J connectivity index is 1.55. The van der Waals surface area contributed by atoms with Gasteiger partial charge in [0.2, 0.25) is 11.8 Å². The highest BCUT2D eigenvalue weighted by molar-refractivity contribution is 8.02. The van der Waals surface area contributed by atoms with Crippen molar-refractivity contribution in [1.82, 2.24) is 9.80 Å². The molecule has 3 aliphatic rings. The number of rotatable bonds is 15. The molecule has 0 aromatic heterocycles. The quantitative estimate of drug-likeness (QED) is 0.188. The van der Waals surface area contributed by atoms with Gasteiger partial charge in [-0.15, -0.1) is 24.9 Å². The molecule has 3 aliphatic heterocycles. The Morgan fingerprint density at radius 1 is 0.957 bits per heavy atom. The minimum absolute atomic E-state index is 0.0348. The molecule has 46 heavy (non-hydrogen) atoms. The van der Waals surface area contributed by atoms with Gasteiger partial charge in [-0.2, -0.15) is 0 Å². The summed E-state index contributed by atoms with van der Waals surface area (Å²) >= 11 is 1.72. The number of unbranched alkanes of at least 4 members (excludes halogenated alkanes) is 3. The highest BCUT2D eigenvalue weighted by Gasteiger charge is 2.77. The third-order valence-electron chi connectivity index (χ3n) is 10.2. The molecular weight excluding hydrogens is 595 g/mol. The summed E-state index contributed by atoms with van der Waals surface area (Å²) in [5.41, 5.74) is 3.87. The minimum Gasteiger partial charge on any atom is -0.396 e. The number of amides is 3. The van der Waals surface area contributed by atoms with E-state index in [1.54, 1.807) is 23.9 Å². The van der Waals surface area contributed by atoms with Crippen molar-refractivity contribution in [2.24, 2.45) is 11.8 Å². The zero-order valence-corrected chi connectivity index (χ0v) is 28.4. The van der Waals surface area contributed by atoms with Crippen molar-refractivity contribution in [2.75, 3.05) is 31.1 Å². The number of nitrogens with zero attached hydrogens (tertiary/aromatic N) is 3. The Bertz CT molecular complexity index is 1440. The molecule has 1 N–H and O–H groups in total. The van der Waals surface area contributed by atoms with Crippen molar-refractivity contribution in [3.05, 3.63) is 90.5 Å². The number of benzene rings is 2. The molecule has 3 fully saturated rings. The van der Waals surface area contributed by atoms with Crippen molar-refractivity contribution in [1.29, 1.82) is 0 Å². The van der Waals surface area contributed by atoms with Crippen LogP contribution >= 0.6 is 11.8 Å². The first-order valence-corrected chi connectivity index (χ1v) is 17.5. The standard InChI is InChI=1S/C38H49N3O4S/c1-6-22-39(26-29-18-11-10-12-19-29)34(43)30-31-35(44)41(24-13-8-9-14-25-42)33(38(31)21-20-37(30,5)46-38)36(45)40(23-7-2)32-27(3)16-15-17-28(32)4/h6-7,10-12,15-19,30-31,33,42H,1-2,8-9,13-14,20-26H2,3-5H3/t30-,31-,33?,37+,38?/m0/s1. The lowest BCUT2D eigenvalue weighted by Crippen LogP contribution is -2.55. The lowest BCUT2D eigenvalue weighted by Gasteiger charge is -2.38. The summed E-state index contributed by atoms with van der Waals surface area (Å²) in [6.07, 6.45) is 8.14. The molecule has 8 heteroatoms. The number of aliphatic hydroxyl groups is 1. The van der Waals surface area contributed by atoms with Crippen LogP contribution in [0.15, 0.2) is 73.8 Å². The summed E-state index contributed by atoms with van der Waals surface area (Å²) in [6, 6.07) is 15.2. The zero-order chi connectivity index (χ0) is 33.1. The predicted molar refractivity (Wildman–Crippen MR) is 187 cm³/mol. The Morgan fingerprint density at radius 3 is 2.28 bits per heavy atom. The van der Waals surface area contributed by atoms with Gasteiger partial charge in [-0.1, -0.05) is 73.5 Å². The number of carbonyl (C=O) groups is 3. The van der Waals surface area contributed by atoms with Gasteiger partial charge in [-0.3, -0.25) is 14.4 Å². The van der Waals surface area contributed by atoms with Crippen LogP contribution in [0.25, 0.3) is 0 Å². The molecule has 7 nitrogen and oxygen atoms in total. The van der Waals surface area contributed by atoms with Crippen LogP contribution in [-0.4, -0.2) is 74.4 Å². The molecule has 0 saturated carbocycles. The molecule has 0 aliphatic carbocycles. The van der Waals surface area contributed by atoms with E-state index in [1.807, 2.05) is 77.1 Å². The summed E-state index contributed by atoms with van der Waals surface area (Å²) in [7, 11) is 0. The second-order valence-electron chi connectivity index (χ2n) is 13.4. The zero-order valence-electron chi connectivity index (χ0n) is 27.6. The fourth-order valence-electron chi connectivity index (χ4n) is 8.26. The van der Waals surface area contributed by atoms with Crippen molar-refractivity contribution in [2.45, 2.75) is 81.4 Å². The monoisotopic (exact) mass is 643 g/mol. The normalized spacial score (nSPS) is 26.2. The van der Waals surface area contributed by atoms with Gasteiger partial charge in [-0.25, -0.2) is 0 Å². The first-order valence-electron chi connectivity index (χ1n) is 16.7. The first-order chi connectivity index (χ1) is 22.1. The van der Waals surface area contributed by atoms with Gasteiger partial charge in [-0.05, 0) is 63.1 Å². The highest BCUT2D eigenvalue weighted by Crippen LogP contribution is 2.71. The number of aliphatic hydroxyl groups excluding tert-OH is 1. The van der Waals surface area contributed by atoms with Gasteiger partial charge >= 0.3 is 0 Å². The van der Waals surface area contributed by atoms with Gasteiger partial charge in [0, 0.05) is 43.2 Å². The average Bonchev–Trinajstić information content (AvgIpc) is 3.60. The summed E-state index contributed by atoms with van der Waals surface area (Å²) in [5.74, 6) is -1.33. The van der Waals surface area contributed by atoms with Crippen molar-refractivity contribution in [3.63, 3.8) is 0 Å². The van der Waals surface area contributed by atoms with Crippen LogP contribution in [0.1, 0.15) is 62.1 Å². The van der Waals surface area contributed by atoms with E-state index in [4.69, 9.17) is 0 Å². The maximum absolute atomic E-state index is 15.0. The first kappa shape index (κ1) is 34.0. The predicted octanol–water partition coefficient (Wildman–Crippen LogP) is 6.07. The van der Waals surface area contributed by atoms with Gasteiger partial charge in [0.1, 0.15) is 6.04 Å². The summed E-state index contributed by atoms with van der Waals surface area (Å²) in [6.45, 7) is 15.8. The number of hydrogen-bond donors (Lipinski definition) is 1. The van der Waals surface area contributed by atoms with Crippen molar-refractivity contribution in [3.8, 4) is 0 Å². The second kappa shape index (κ2) is 14.2. The largest absolute Gasteiger partial charge is 0.396 e. The fourth-order valence-corrected chi connectivity index (χ4v) is 10.6. The molecule has 2 unspecified atom stereocenters. The van der Waals surface area contributed by atoms with Gasteiger partial charge < -0.3 is 19.8 Å². The summed E-state index contributed by atoms with van der Waals surface area (Å²) in [5, 5.41) is 9.29. The van der Waals surface area contributed by atoms with Crippen molar-refractivity contribution < 1.29 is 19.5 Å². The smallest absolute Gasteiger partial charge is 0.251 e. The molecular formula is C38H49N3O4S. The Kier molecular flexibility index (Phi) is 10.5. The number of thioether (sulfide) groups is 1. The molecule has 3 saturated heterocycles. The van der Waals surface area contributed by atoms with Gasteiger partial charge in [0.05, 0.1) is 16.6 Å². The van der Waals surface area contributed by atoms with E-state index in [1.165, 1.54) is 0 Å². The Labute approximate surface area is 278 Å². The van der Waals surface area contributed by atoms with Crippen LogP contribution in [0.4, 0.5) is 5.69 Å². The number of hydrogen-bond acceptors (Lipinski definition) is 5.